The number of ether oxygens (including phenoxy) is 1. The number of carboxylic acid groups (broad SMARTS) is 1. The smallest absolute Gasteiger partial charge is 0.337 e. The number of methoxy groups -OCH3 is 1. The maximum absolute atomic E-state index is 11.6. The molecule has 0 heterocycles. The first-order valence-corrected chi connectivity index (χ1v) is 7.55. The Morgan fingerprint density at radius 2 is 1.86 bits per heavy atom. The van der Waals surface area contributed by atoms with Crippen LogP contribution < -0.4 is 0 Å². The van der Waals surface area contributed by atoms with Crippen LogP contribution in [0, 0.1) is 0 Å². The molecule has 2 aromatic carbocycles. The lowest BCUT2D eigenvalue weighted by Gasteiger charge is -2.09. The Labute approximate surface area is 137 Å². The van der Waals surface area contributed by atoms with E-state index < -0.39 is 11.9 Å². The topological polar surface area (TPSA) is 63.6 Å². The van der Waals surface area contributed by atoms with Crippen LogP contribution in [0.1, 0.15) is 15.9 Å². The summed E-state index contributed by atoms with van der Waals surface area (Å²) in [5, 5.41) is 9.67. The van der Waals surface area contributed by atoms with Gasteiger partial charge in [-0.2, -0.15) is 0 Å². The molecule has 0 saturated carbocycles. The Bertz CT molecular complexity index is 698. The number of hydrogen-bond donors (Lipinski definition) is 1. The molecule has 6 heteroatoms. The van der Waals surface area contributed by atoms with E-state index in [1.165, 1.54) is 18.9 Å². The van der Waals surface area contributed by atoms with Gasteiger partial charge >= 0.3 is 11.9 Å². The van der Waals surface area contributed by atoms with Crippen LogP contribution in [0.25, 0.3) is 0 Å². The molecule has 0 aliphatic heterocycles. The lowest BCUT2D eigenvalue weighted by atomic mass is 10.1. The predicted molar refractivity (Wildman–Crippen MR) is 84.7 cm³/mol. The summed E-state index contributed by atoms with van der Waals surface area (Å²) in [6.45, 7) is 0. The van der Waals surface area contributed by atoms with Crippen molar-refractivity contribution in [1.82, 2.24) is 0 Å². The average molecular weight is 337 g/mol. The van der Waals surface area contributed by atoms with E-state index in [9.17, 15) is 9.59 Å². The second kappa shape index (κ2) is 7.33. The van der Waals surface area contributed by atoms with Gasteiger partial charge in [0.15, 0.2) is 0 Å². The highest BCUT2D eigenvalue weighted by molar-refractivity contribution is 7.99. The summed E-state index contributed by atoms with van der Waals surface area (Å²) < 4.78 is 4.66. The number of benzene rings is 2. The predicted octanol–water partition coefficient (Wildman–Crippen LogP) is 3.90. The third-order valence-electron chi connectivity index (χ3n) is 2.86. The SMILES string of the molecule is COC(=O)c1ccc(Sc2ccc(Cl)cc2)c(CC(=O)O)c1. The molecule has 22 heavy (non-hydrogen) atoms. The van der Waals surface area contributed by atoms with Gasteiger partial charge < -0.3 is 9.84 Å². The largest absolute Gasteiger partial charge is 0.481 e. The Kier molecular flexibility index (Phi) is 5.46. The Balaban J connectivity index is 2.34. The van der Waals surface area contributed by atoms with Crippen molar-refractivity contribution in [3.05, 3.63) is 58.6 Å². The highest BCUT2D eigenvalue weighted by atomic mass is 35.5. The first kappa shape index (κ1) is 16.4. The molecule has 0 aliphatic carbocycles. The fourth-order valence-electron chi connectivity index (χ4n) is 1.85. The first-order valence-electron chi connectivity index (χ1n) is 6.36. The van der Waals surface area contributed by atoms with Crippen molar-refractivity contribution in [2.75, 3.05) is 7.11 Å². The summed E-state index contributed by atoms with van der Waals surface area (Å²) in [6, 6.07) is 12.1. The third-order valence-corrected chi connectivity index (χ3v) is 4.24. The second-order valence-electron chi connectivity index (χ2n) is 4.44. The van der Waals surface area contributed by atoms with Gasteiger partial charge in [0.05, 0.1) is 19.1 Å². The van der Waals surface area contributed by atoms with E-state index in [1.54, 1.807) is 30.3 Å². The van der Waals surface area contributed by atoms with Crippen LogP contribution in [0.3, 0.4) is 0 Å². The zero-order chi connectivity index (χ0) is 16.1. The van der Waals surface area contributed by atoms with Gasteiger partial charge in [0, 0.05) is 14.8 Å². The molecule has 0 aromatic heterocycles. The Morgan fingerprint density at radius 3 is 2.45 bits per heavy atom. The summed E-state index contributed by atoms with van der Waals surface area (Å²) in [5.41, 5.74) is 0.898. The number of carbonyl (C=O) groups is 2. The minimum absolute atomic E-state index is 0.166. The number of esters is 1. The molecule has 2 aromatic rings. The maximum atomic E-state index is 11.6. The van der Waals surface area contributed by atoms with Crippen LogP contribution >= 0.6 is 23.4 Å². The molecule has 0 aliphatic rings. The van der Waals surface area contributed by atoms with Crippen molar-refractivity contribution >= 4 is 35.3 Å². The van der Waals surface area contributed by atoms with E-state index in [-0.39, 0.29) is 6.42 Å². The van der Waals surface area contributed by atoms with E-state index in [2.05, 4.69) is 4.74 Å². The van der Waals surface area contributed by atoms with Crippen LogP contribution in [-0.4, -0.2) is 24.2 Å². The number of hydrogen-bond acceptors (Lipinski definition) is 4. The minimum atomic E-state index is -0.958. The van der Waals surface area contributed by atoms with Crippen molar-refractivity contribution in [3.63, 3.8) is 0 Å². The summed E-state index contributed by atoms with van der Waals surface area (Å²) in [7, 11) is 1.29. The third kappa shape index (κ3) is 4.26. The molecule has 1 N–H and O–H groups in total. The molecule has 0 bridgehead atoms. The molecular weight excluding hydrogens is 324 g/mol. The van der Waals surface area contributed by atoms with Gasteiger partial charge in [-0.05, 0) is 48.0 Å². The van der Waals surface area contributed by atoms with Crippen molar-refractivity contribution in [2.45, 2.75) is 16.2 Å². The van der Waals surface area contributed by atoms with E-state index in [1.807, 2.05) is 12.1 Å². The molecule has 0 fully saturated rings. The number of carboxylic acids is 1. The molecule has 2 rings (SSSR count). The van der Waals surface area contributed by atoms with Crippen LogP contribution in [-0.2, 0) is 16.0 Å². The maximum Gasteiger partial charge on any atom is 0.337 e. The second-order valence-corrected chi connectivity index (χ2v) is 5.99. The number of rotatable bonds is 5. The van der Waals surface area contributed by atoms with Crippen molar-refractivity contribution in [2.24, 2.45) is 0 Å². The molecular formula is C16H13ClO4S. The van der Waals surface area contributed by atoms with Gasteiger partial charge in [0.1, 0.15) is 0 Å². The van der Waals surface area contributed by atoms with Crippen molar-refractivity contribution in [1.29, 1.82) is 0 Å². The van der Waals surface area contributed by atoms with E-state index in [0.29, 0.717) is 16.1 Å². The van der Waals surface area contributed by atoms with Gasteiger partial charge in [0.25, 0.3) is 0 Å². The van der Waals surface area contributed by atoms with Gasteiger partial charge in [-0.1, -0.05) is 23.4 Å². The zero-order valence-corrected chi connectivity index (χ0v) is 13.3. The standard InChI is InChI=1S/C16H13ClO4S/c1-21-16(20)10-2-7-14(11(8-10)9-15(18)19)22-13-5-3-12(17)4-6-13/h2-8H,9H2,1H3,(H,18,19). The summed E-state index contributed by atoms with van der Waals surface area (Å²) in [4.78, 5) is 24.3. The van der Waals surface area contributed by atoms with Gasteiger partial charge in [-0.15, -0.1) is 0 Å². The first-order chi connectivity index (χ1) is 10.5. The van der Waals surface area contributed by atoms with Crippen LogP contribution in [0.2, 0.25) is 5.02 Å². The van der Waals surface area contributed by atoms with Gasteiger partial charge in [0.2, 0.25) is 0 Å². The summed E-state index contributed by atoms with van der Waals surface area (Å²) >= 11 is 7.27. The molecule has 114 valence electrons. The van der Waals surface area contributed by atoms with Crippen molar-refractivity contribution in [3.8, 4) is 0 Å². The molecule has 0 spiro atoms. The molecule has 0 atom stereocenters. The molecule has 0 unspecified atom stereocenters. The monoisotopic (exact) mass is 336 g/mol. The highest BCUT2D eigenvalue weighted by Gasteiger charge is 2.13. The fourth-order valence-corrected chi connectivity index (χ4v) is 2.90. The van der Waals surface area contributed by atoms with Crippen molar-refractivity contribution < 1.29 is 19.4 Å². The zero-order valence-electron chi connectivity index (χ0n) is 11.7. The van der Waals surface area contributed by atoms with Crippen LogP contribution in [0.5, 0.6) is 0 Å². The number of carbonyl (C=O) groups excluding carboxylic acids is 1. The Morgan fingerprint density at radius 1 is 1.18 bits per heavy atom. The van der Waals surface area contributed by atoms with E-state index >= 15 is 0 Å². The summed E-state index contributed by atoms with van der Waals surface area (Å²) in [6.07, 6.45) is -0.166. The number of aliphatic carboxylic acids is 1. The molecule has 0 radical (unpaired) electrons. The minimum Gasteiger partial charge on any atom is -0.481 e. The summed E-state index contributed by atoms with van der Waals surface area (Å²) in [5.74, 6) is -1.45. The normalized spacial score (nSPS) is 10.3. The fraction of sp³-hybridized carbons (Fsp3) is 0.125. The quantitative estimate of drug-likeness (QED) is 0.839. The molecule has 4 nitrogen and oxygen atoms in total. The van der Waals surface area contributed by atoms with Gasteiger partial charge in [-0.3, -0.25) is 4.79 Å². The van der Waals surface area contributed by atoms with E-state index in [0.717, 1.165) is 9.79 Å². The lowest BCUT2D eigenvalue weighted by Crippen LogP contribution is -2.06. The van der Waals surface area contributed by atoms with Crippen LogP contribution in [0.4, 0.5) is 0 Å². The Hall–Kier alpha value is -1.98. The van der Waals surface area contributed by atoms with Gasteiger partial charge in [-0.25, -0.2) is 4.79 Å². The van der Waals surface area contributed by atoms with E-state index in [4.69, 9.17) is 16.7 Å². The van der Waals surface area contributed by atoms with Crippen LogP contribution in [0.15, 0.2) is 52.3 Å². The molecule has 0 saturated heterocycles. The lowest BCUT2D eigenvalue weighted by molar-refractivity contribution is -0.136. The number of halogens is 1. The highest BCUT2D eigenvalue weighted by Crippen LogP contribution is 2.32. The average Bonchev–Trinajstić information content (AvgIpc) is 2.50. The molecule has 0 amide bonds.